The van der Waals surface area contributed by atoms with Gasteiger partial charge in [-0.25, -0.2) is 0 Å². The molecule has 0 unspecified atom stereocenters. The molecule has 0 amide bonds. The number of hydrogen-bond donors (Lipinski definition) is 1. The van der Waals surface area contributed by atoms with Crippen molar-refractivity contribution in [3.8, 4) is 0 Å². The Morgan fingerprint density at radius 3 is 3.50 bits per heavy atom. The molecule has 2 aromatic heterocycles. The predicted octanol–water partition coefficient (Wildman–Crippen LogP) is 0.620. The number of hydrogen-bond acceptors (Lipinski definition) is 1. The van der Waals surface area contributed by atoms with Gasteiger partial charge in [0.2, 0.25) is 0 Å². The van der Waals surface area contributed by atoms with Crippen molar-refractivity contribution in [3.63, 3.8) is 0 Å². The second-order valence-electron chi connectivity index (χ2n) is 1.54. The van der Waals surface area contributed by atoms with Gasteiger partial charge >= 0.3 is 51.7 Å². The Morgan fingerprint density at radius 2 is 2.62 bits per heavy atom. The quantitative estimate of drug-likeness (QED) is 0.578. The average molecular weight is 171 g/mol. The van der Waals surface area contributed by atoms with Gasteiger partial charge < -0.3 is 0 Å². The Labute approximate surface area is 52.3 Å². The fourth-order valence-electron chi connectivity index (χ4n) is 0.672. The first-order valence-corrected chi connectivity index (χ1v) is 4.18. The Morgan fingerprint density at radius 1 is 1.62 bits per heavy atom. The van der Waals surface area contributed by atoms with Gasteiger partial charge in [-0.1, -0.05) is 0 Å². The fourth-order valence-corrected chi connectivity index (χ4v) is 2.14. The molecule has 2 heterocycles. The summed E-state index contributed by atoms with van der Waals surface area (Å²) >= 11 is 0.509. The van der Waals surface area contributed by atoms with Crippen molar-refractivity contribution < 1.29 is 0 Å². The van der Waals surface area contributed by atoms with Crippen LogP contribution < -0.4 is 0 Å². The van der Waals surface area contributed by atoms with Gasteiger partial charge in [0.1, 0.15) is 0 Å². The minimum absolute atomic E-state index is 0.509. The molecule has 2 nitrogen and oxygen atoms in total. The van der Waals surface area contributed by atoms with Crippen LogP contribution in [-0.2, 0) is 0 Å². The monoisotopic (exact) mass is 172 g/mol. The molecule has 0 bridgehead atoms. The molecular formula is C5H4N2Se. The van der Waals surface area contributed by atoms with Gasteiger partial charge in [0.25, 0.3) is 0 Å². The molecule has 2 rings (SSSR count). The number of nitrogens with zero attached hydrogens (tertiary/aromatic N) is 1. The summed E-state index contributed by atoms with van der Waals surface area (Å²) in [6, 6.07) is 2.09. The van der Waals surface area contributed by atoms with Crippen LogP contribution in [0.5, 0.6) is 0 Å². The van der Waals surface area contributed by atoms with E-state index in [1.54, 1.807) is 6.33 Å². The van der Waals surface area contributed by atoms with E-state index in [0.29, 0.717) is 14.5 Å². The molecule has 0 radical (unpaired) electrons. The number of aromatic nitrogens is 2. The number of nitrogens with one attached hydrogen (secondary N) is 1. The molecule has 3 heteroatoms. The molecule has 2 aromatic rings. The molecule has 0 aromatic carbocycles. The van der Waals surface area contributed by atoms with Gasteiger partial charge in [0.05, 0.1) is 0 Å². The zero-order valence-electron chi connectivity index (χ0n) is 4.09. The van der Waals surface area contributed by atoms with Crippen molar-refractivity contribution >= 4 is 24.4 Å². The summed E-state index contributed by atoms with van der Waals surface area (Å²) in [5.41, 5.74) is 1.20. The summed E-state index contributed by atoms with van der Waals surface area (Å²) in [7, 11) is 0. The second-order valence-corrected chi connectivity index (χ2v) is 3.42. The van der Waals surface area contributed by atoms with Crippen LogP contribution in [0.15, 0.2) is 17.3 Å². The summed E-state index contributed by atoms with van der Waals surface area (Å²) < 4.78 is 1.23. The molecule has 0 aliphatic rings. The van der Waals surface area contributed by atoms with E-state index in [1.165, 1.54) is 9.91 Å². The van der Waals surface area contributed by atoms with Crippen molar-refractivity contribution in [2.75, 3.05) is 0 Å². The standard InChI is InChI=1S/C5H4N2Se/c1-2-8-5-4(1)6-3-7-5/h1-3H,(H,6,7). The number of fused-ring (bicyclic) bond motifs is 1. The average Bonchev–Trinajstić information content (AvgIpc) is 2.15. The van der Waals surface area contributed by atoms with E-state index in [2.05, 4.69) is 21.0 Å². The van der Waals surface area contributed by atoms with E-state index in [0.717, 1.165) is 0 Å². The summed E-state index contributed by atoms with van der Waals surface area (Å²) in [5.74, 6) is 0. The topological polar surface area (TPSA) is 28.7 Å². The van der Waals surface area contributed by atoms with Gasteiger partial charge in [-0.15, -0.1) is 0 Å². The van der Waals surface area contributed by atoms with Gasteiger partial charge in [0, 0.05) is 0 Å². The van der Waals surface area contributed by atoms with Gasteiger partial charge in [-0.3, -0.25) is 0 Å². The Balaban J connectivity index is 3.06. The Kier molecular flexibility index (Phi) is 0.801. The second kappa shape index (κ2) is 1.47. The van der Waals surface area contributed by atoms with E-state index >= 15 is 0 Å². The molecule has 0 saturated heterocycles. The number of rotatable bonds is 0. The third-order valence-electron chi connectivity index (χ3n) is 1.05. The zero-order chi connectivity index (χ0) is 5.40. The summed E-state index contributed by atoms with van der Waals surface area (Å²) in [6.45, 7) is 0. The molecule has 0 aliphatic heterocycles. The normalized spacial score (nSPS) is 10.5. The molecule has 0 fully saturated rings. The summed E-state index contributed by atoms with van der Waals surface area (Å²) in [6.07, 6.45) is 1.75. The Bertz CT molecular complexity index is 232. The molecule has 0 saturated carbocycles. The van der Waals surface area contributed by atoms with Gasteiger partial charge in [-0.2, -0.15) is 0 Å². The van der Waals surface area contributed by atoms with Gasteiger partial charge in [0.15, 0.2) is 0 Å². The van der Waals surface area contributed by atoms with E-state index in [-0.39, 0.29) is 0 Å². The van der Waals surface area contributed by atoms with Gasteiger partial charge in [-0.05, 0) is 0 Å². The van der Waals surface area contributed by atoms with Crippen molar-refractivity contribution in [1.82, 2.24) is 9.97 Å². The minimum atomic E-state index is 0.509. The van der Waals surface area contributed by atoms with E-state index in [9.17, 15) is 0 Å². The van der Waals surface area contributed by atoms with Crippen LogP contribution in [0.4, 0.5) is 0 Å². The Hall–Kier alpha value is -0.531. The number of imidazole rings is 1. The fraction of sp³-hybridized carbons (Fsp3) is 0. The first-order chi connectivity index (χ1) is 3.97. The third-order valence-corrected chi connectivity index (χ3v) is 2.77. The molecule has 1 N–H and O–H groups in total. The molecule has 0 spiro atoms. The van der Waals surface area contributed by atoms with Crippen molar-refractivity contribution in [2.45, 2.75) is 0 Å². The molecule has 40 valence electrons. The number of aromatic amines is 1. The maximum atomic E-state index is 4.11. The van der Waals surface area contributed by atoms with Crippen LogP contribution in [0, 0.1) is 0 Å². The zero-order valence-corrected chi connectivity index (χ0v) is 5.80. The SMILES string of the molecule is c1nc2[se]ccc2[nH]1. The molecule has 8 heavy (non-hydrogen) atoms. The van der Waals surface area contributed by atoms with E-state index < -0.39 is 0 Å². The van der Waals surface area contributed by atoms with E-state index in [1.807, 2.05) is 0 Å². The third kappa shape index (κ3) is 0.457. The molecule has 0 atom stereocenters. The first kappa shape index (κ1) is 4.36. The van der Waals surface area contributed by atoms with Crippen molar-refractivity contribution in [2.24, 2.45) is 0 Å². The van der Waals surface area contributed by atoms with Crippen LogP contribution in [0.1, 0.15) is 0 Å². The first-order valence-electron chi connectivity index (χ1n) is 2.33. The van der Waals surface area contributed by atoms with Crippen molar-refractivity contribution in [3.05, 3.63) is 17.3 Å². The van der Waals surface area contributed by atoms with Crippen LogP contribution in [0.3, 0.4) is 0 Å². The summed E-state index contributed by atoms with van der Waals surface area (Å²) in [4.78, 5) is 9.31. The predicted molar refractivity (Wildman–Crippen MR) is 33.0 cm³/mol. The summed E-state index contributed by atoms with van der Waals surface area (Å²) in [5, 5.41) is 0. The maximum absolute atomic E-state index is 4.11. The van der Waals surface area contributed by atoms with Crippen molar-refractivity contribution in [1.29, 1.82) is 0 Å². The van der Waals surface area contributed by atoms with Crippen LogP contribution in [-0.4, -0.2) is 24.5 Å². The van der Waals surface area contributed by atoms with Crippen LogP contribution in [0.2, 0.25) is 0 Å². The molecular weight excluding hydrogens is 167 g/mol. The van der Waals surface area contributed by atoms with E-state index in [4.69, 9.17) is 0 Å². The molecule has 0 aliphatic carbocycles. The van der Waals surface area contributed by atoms with Crippen LogP contribution in [0.25, 0.3) is 9.91 Å². The number of H-pyrrole nitrogens is 1. The van der Waals surface area contributed by atoms with Crippen LogP contribution >= 0.6 is 0 Å².